The van der Waals surface area contributed by atoms with Gasteiger partial charge in [-0.25, -0.2) is 0 Å². The van der Waals surface area contributed by atoms with E-state index in [2.05, 4.69) is 12.2 Å². The van der Waals surface area contributed by atoms with Crippen molar-refractivity contribution in [3.8, 4) is 5.75 Å². The predicted molar refractivity (Wildman–Crippen MR) is 86.8 cm³/mol. The Hall–Kier alpha value is -1.55. The van der Waals surface area contributed by atoms with E-state index in [0.29, 0.717) is 0 Å². The molecule has 22 heavy (non-hydrogen) atoms. The van der Waals surface area contributed by atoms with Gasteiger partial charge in [-0.3, -0.25) is 4.79 Å². The second-order valence-electron chi connectivity index (χ2n) is 6.08. The molecule has 0 aliphatic heterocycles. The number of methoxy groups -OCH3 is 1. The highest BCUT2D eigenvalue weighted by atomic mass is 16.5. The van der Waals surface area contributed by atoms with E-state index >= 15 is 0 Å². The van der Waals surface area contributed by atoms with E-state index in [1.165, 1.54) is 0 Å². The van der Waals surface area contributed by atoms with Gasteiger partial charge >= 0.3 is 0 Å². The molecule has 1 aromatic rings. The second-order valence-corrected chi connectivity index (χ2v) is 6.08. The van der Waals surface area contributed by atoms with Gasteiger partial charge in [0.25, 0.3) is 0 Å². The number of rotatable bonds is 7. The average Bonchev–Trinajstić information content (AvgIpc) is 2.97. The Kier molecular flexibility index (Phi) is 6.25. The molecule has 4 nitrogen and oxygen atoms in total. The molecule has 0 spiro atoms. The Bertz CT molecular complexity index is 472. The Morgan fingerprint density at radius 3 is 2.64 bits per heavy atom. The third-order valence-electron chi connectivity index (χ3n) is 4.50. The van der Waals surface area contributed by atoms with Crippen LogP contribution in [-0.2, 0) is 4.79 Å². The molecule has 3 atom stereocenters. The number of hydrogen-bond acceptors (Lipinski definition) is 3. The van der Waals surface area contributed by atoms with Crippen LogP contribution >= 0.6 is 0 Å². The summed E-state index contributed by atoms with van der Waals surface area (Å²) in [6, 6.07) is 7.86. The normalized spacial score (nSPS) is 22.3. The van der Waals surface area contributed by atoms with Gasteiger partial charge in [0.1, 0.15) is 5.75 Å². The lowest BCUT2D eigenvalue weighted by Crippen LogP contribution is -2.37. The van der Waals surface area contributed by atoms with Crippen molar-refractivity contribution in [1.29, 1.82) is 0 Å². The number of carbonyl (C=O) groups excluding carboxylic acids is 1. The lowest BCUT2D eigenvalue weighted by molar-refractivity contribution is -0.128. The molecule has 0 heterocycles. The number of carbonyl (C=O) groups is 1. The van der Waals surface area contributed by atoms with E-state index in [1.54, 1.807) is 7.11 Å². The number of ether oxygens (including phenoxy) is 1. The molecule has 4 heteroatoms. The van der Waals surface area contributed by atoms with Crippen molar-refractivity contribution in [2.24, 2.45) is 5.92 Å². The summed E-state index contributed by atoms with van der Waals surface area (Å²) in [5.74, 6) is 0.555. The Labute approximate surface area is 132 Å². The number of unbranched alkanes of at least 4 members (excludes halogenated alkanes) is 1. The summed E-state index contributed by atoms with van der Waals surface area (Å²) in [5.41, 5.74) is 1.09. The number of hydrogen-bond donors (Lipinski definition) is 2. The van der Waals surface area contributed by atoms with E-state index in [4.69, 9.17) is 4.74 Å². The molecular formula is C18H27NO3. The molecule has 2 N–H and O–H groups in total. The first kappa shape index (κ1) is 16.8. The molecule has 2 rings (SSSR count). The fourth-order valence-electron chi connectivity index (χ4n) is 3.09. The second kappa shape index (κ2) is 8.18. The number of amides is 1. The van der Waals surface area contributed by atoms with E-state index < -0.39 is 6.10 Å². The van der Waals surface area contributed by atoms with Gasteiger partial charge in [-0.15, -0.1) is 0 Å². The van der Waals surface area contributed by atoms with Gasteiger partial charge in [0, 0.05) is 0 Å². The van der Waals surface area contributed by atoms with Crippen molar-refractivity contribution < 1.29 is 14.6 Å². The molecule has 0 aromatic heterocycles. The third kappa shape index (κ3) is 4.23. The molecule has 122 valence electrons. The van der Waals surface area contributed by atoms with Crippen molar-refractivity contribution in [2.75, 3.05) is 7.11 Å². The molecule has 1 fully saturated rings. The van der Waals surface area contributed by atoms with Crippen LogP contribution < -0.4 is 10.1 Å². The Morgan fingerprint density at radius 2 is 2.09 bits per heavy atom. The first-order valence-electron chi connectivity index (χ1n) is 8.28. The molecule has 1 amide bonds. The number of benzene rings is 1. The summed E-state index contributed by atoms with van der Waals surface area (Å²) >= 11 is 0. The third-order valence-corrected chi connectivity index (χ3v) is 4.50. The van der Waals surface area contributed by atoms with Crippen LogP contribution in [0, 0.1) is 5.92 Å². The van der Waals surface area contributed by atoms with E-state index in [-0.39, 0.29) is 17.9 Å². The maximum absolute atomic E-state index is 12.4. The van der Waals surface area contributed by atoms with Crippen molar-refractivity contribution in [3.63, 3.8) is 0 Å². The number of aliphatic hydroxyl groups is 1. The summed E-state index contributed by atoms with van der Waals surface area (Å²) < 4.78 is 5.19. The van der Waals surface area contributed by atoms with Gasteiger partial charge in [0.2, 0.25) is 5.91 Å². The van der Waals surface area contributed by atoms with Crippen molar-refractivity contribution >= 4 is 5.91 Å². The summed E-state index contributed by atoms with van der Waals surface area (Å²) in [6.45, 7) is 2.15. The highest BCUT2D eigenvalue weighted by Gasteiger charge is 2.32. The van der Waals surface area contributed by atoms with Crippen LogP contribution in [0.2, 0.25) is 0 Å². The maximum atomic E-state index is 12.4. The minimum Gasteiger partial charge on any atom is -0.497 e. The molecule has 0 saturated heterocycles. The van der Waals surface area contributed by atoms with Crippen LogP contribution in [0.1, 0.15) is 57.1 Å². The molecule has 1 aliphatic rings. The van der Waals surface area contributed by atoms with E-state index in [9.17, 15) is 9.90 Å². The quantitative estimate of drug-likeness (QED) is 0.813. The summed E-state index contributed by atoms with van der Waals surface area (Å²) in [4.78, 5) is 12.4. The minimum atomic E-state index is -0.484. The summed E-state index contributed by atoms with van der Waals surface area (Å²) in [7, 11) is 1.65. The smallest absolute Gasteiger partial charge is 0.226 e. The average molecular weight is 305 g/mol. The van der Waals surface area contributed by atoms with Crippen LogP contribution in [0.5, 0.6) is 5.75 Å². The Balaban J connectivity index is 2.05. The molecule has 0 bridgehead atoms. The maximum Gasteiger partial charge on any atom is 0.226 e. The van der Waals surface area contributed by atoms with Gasteiger partial charge in [-0.1, -0.05) is 31.9 Å². The first-order chi connectivity index (χ1) is 10.7. The van der Waals surface area contributed by atoms with Crippen LogP contribution in [0.25, 0.3) is 0 Å². The zero-order valence-electron chi connectivity index (χ0n) is 13.5. The van der Waals surface area contributed by atoms with Gasteiger partial charge in [0.15, 0.2) is 0 Å². The van der Waals surface area contributed by atoms with Crippen molar-refractivity contribution in [1.82, 2.24) is 5.32 Å². The summed E-state index contributed by atoms with van der Waals surface area (Å²) in [5, 5.41) is 13.0. The predicted octanol–water partition coefficient (Wildman–Crippen LogP) is 3.20. The van der Waals surface area contributed by atoms with E-state index in [0.717, 1.165) is 49.8 Å². The highest BCUT2D eigenvalue weighted by Crippen LogP contribution is 2.28. The zero-order valence-corrected chi connectivity index (χ0v) is 13.5. The standard InChI is InChI=1S/C18H27NO3/c1-3-4-7-16(13-9-11-14(22-2)12-10-13)19-18(21)15-6-5-8-17(15)20/h9-12,15-17,20H,3-8H2,1-2H3,(H,19,21). The van der Waals surface area contributed by atoms with Crippen molar-refractivity contribution in [2.45, 2.75) is 57.6 Å². The molecule has 0 radical (unpaired) electrons. The fraction of sp³-hybridized carbons (Fsp3) is 0.611. The summed E-state index contributed by atoms with van der Waals surface area (Å²) in [6.07, 6.45) is 5.04. The molecule has 1 aliphatic carbocycles. The van der Waals surface area contributed by atoms with Crippen LogP contribution in [0.4, 0.5) is 0 Å². The van der Waals surface area contributed by atoms with Gasteiger partial charge < -0.3 is 15.2 Å². The Morgan fingerprint density at radius 1 is 1.36 bits per heavy atom. The first-order valence-corrected chi connectivity index (χ1v) is 8.28. The van der Waals surface area contributed by atoms with Gasteiger partial charge in [-0.05, 0) is 43.4 Å². The monoisotopic (exact) mass is 305 g/mol. The largest absolute Gasteiger partial charge is 0.497 e. The molecule has 1 saturated carbocycles. The van der Waals surface area contributed by atoms with Gasteiger partial charge in [-0.2, -0.15) is 0 Å². The fourth-order valence-corrected chi connectivity index (χ4v) is 3.09. The van der Waals surface area contributed by atoms with Crippen molar-refractivity contribution in [3.05, 3.63) is 29.8 Å². The SMILES string of the molecule is CCCCC(NC(=O)C1CCCC1O)c1ccc(OC)cc1. The van der Waals surface area contributed by atoms with Crippen LogP contribution in [-0.4, -0.2) is 24.2 Å². The van der Waals surface area contributed by atoms with Gasteiger partial charge in [0.05, 0.1) is 25.2 Å². The minimum absolute atomic E-state index is 0.00570. The lowest BCUT2D eigenvalue weighted by Gasteiger charge is -2.22. The van der Waals surface area contributed by atoms with Crippen LogP contribution in [0.15, 0.2) is 24.3 Å². The van der Waals surface area contributed by atoms with E-state index in [1.807, 2.05) is 24.3 Å². The molecular weight excluding hydrogens is 278 g/mol. The number of aliphatic hydroxyl groups excluding tert-OH is 1. The number of nitrogens with one attached hydrogen (secondary N) is 1. The highest BCUT2D eigenvalue weighted by molar-refractivity contribution is 5.80. The topological polar surface area (TPSA) is 58.6 Å². The molecule has 3 unspecified atom stereocenters. The lowest BCUT2D eigenvalue weighted by atomic mass is 9.98. The zero-order chi connectivity index (χ0) is 15.9. The molecule has 1 aromatic carbocycles. The van der Waals surface area contributed by atoms with Crippen LogP contribution in [0.3, 0.4) is 0 Å².